The first kappa shape index (κ1) is 10.7. The zero-order valence-electron chi connectivity index (χ0n) is 8.44. The molecule has 1 aliphatic rings. The van der Waals surface area contributed by atoms with Gasteiger partial charge in [-0.2, -0.15) is 0 Å². The predicted octanol–water partition coefficient (Wildman–Crippen LogP) is 0.176. The number of hydrogen-bond acceptors (Lipinski definition) is 4. The molecule has 14 heavy (non-hydrogen) atoms. The van der Waals surface area contributed by atoms with E-state index in [2.05, 4.69) is 10.5 Å². The lowest BCUT2D eigenvalue weighted by molar-refractivity contribution is -0.129. The van der Waals surface area contributed by atoms with Crippen LogP contribution >= 0.6 is 0 Å². The molecule has 1 heterocycles. The molecule has 2 N–H and O–H groups in total. The molecule has 5 nitrogen and oxygen atoms in total. The largest absolute Gasteiger partial charge is 0.411 e. The van der Waals surface area contributed by atoms with Gasteiger partial charge in [-0.15, -0.1) is 0 Å². The summed E-state index contributed by atoms with van der Waals surface area (Å²) in [5.74, 6) is -1.47. The smallest absolute Gasteiger partial charge is 0.237 e. The molecule has 1 saturated heterocycles. The third-order valence-corrected chi connectivity index (χ3v) is 2.36. The van der Waals surface area contributed by atoms with Crippen LogP contribution in [0.15, 0.2) is 5.16 Å². The maximum absolute atomic E-state index is 11.4. The van der Waals surface area contributed by atoms with E-state index in [1.807, 2.05) is 13.8 Å². The van der Waals surface area contributed by atoms with Gasteiger partial charge in [0, 0.05) is 0 Å². The summed E-state index contributed by atoms with van der Waals surface area (Å²) in [6.45, 7) is 5.09. The monoisotopic (exact) mass is 198 g/mol. The zero-order valence-corrected chi connectivity index (χ0v) is 8.44. The molecular formula is C9H14N2O3. The lowest BCUT2D eigenvalue weighted by atomic mass is 9.93. The maximum atomic E-state index is 11.4. The second-order valence-electron chi connectivity index (χ2n) is 3.80. The number of oxime groups is 1. The molecule has 0 spiro atoms. The number of nitrogens with one attached hydrogen (secondary N) is 1. The van der Waals surface area contributed by atoms with Crippen molar-refractivity contribution in [2.45, 2.75) is 26.8 Å². The van der Waals surface area contributed by atoms with Gasteiger partial charge in [-0.1, -0.05) is 19.0 Å². The summed E-state index contributed by atoms with van der Waals surface area (Å²) >= 11 is 0. The van der Waals surface area contributed by atoms with Crippen LogP contribution < -0.4 is 5.32 Å². The van der Waals surface area contributed by atoms with Crippen molar-refractivity contribution < 1.29 is 14.8 Å². The normalized spacial score (nSPS) is 29.7. The average molecular weight is 198 g/mol. The molecule has 0 aliphatic carbocycles. The van der Waals surface area contributed by atoms with E-state index < -0.39 is 5.92 Å². The van der Waals surface area contributed by atoms with Gasteiger partial charge in [-0.3, -0.25) is 9.59 Å². The first-order valence-corrected chi connectivity index (χ1v) is 4.51. The summed E-state index contributed by atoms with van der Waals surface area (Å²) in [6, 6.07) is -0.332. The Morgan fingerprint density at radius 1 is 1.57 bits per heavy atom. The molecule has 0 aromatic heterocycles. The molecule has 0 aromatic carbocycles. The third kappa shape index (κ3) is 1.62. The molecule has 0 bridgehead atoms. The second kappa shape index (κ2) is 3.77. The van der Waals surface area contributed by atoms with Crippen molar-refractivity contribution in [3.8, 4) is 0 Å². The van der Waals surface area contributed by atoms with E-state index in [0.717, 1.165) is 0 Å². The molecule has 78 valence electrons. The van der Waals surface area contributed by atoms with Gasteiger partial charge in [-0.25, -0.2) is 0 Å². The SMILES string of the molecule is CC(=O)C1C(=O)NC(C(C)C)C1=NO. The van der Waals surface area contributed by atoms with Crippen molar-refractivity contribution in [2.24, 2.45) is 17.0 Å². The molecule has 2 atom stereocenters. The minimum Gasteiger partial charge on any atom is -0.411 e. The summed E-state index contributed by atoms with van der Waals surface area (Å²) in [5, 5.41) is 14.5. The summed E-state index contributed by atoms with van der Waals surface area (Å²) in [5.41, 5.74) is 0.234. The first-order valence-electron chi connectivity index (χ1n) is 4.51. The van der Waals surface area contributed by atoms with Crippen molar-refractivity contribution in [2.75, 3.05) is 0 Å². The first-order chi connectivity index (χ1) is 6.49. The number of Topliss-reactive ketones (excluding diaryl/α,β-unsaturated/α-hetero) is 1. The lowest BCUT2D eigenvalue weighted by Gasteiger charge is -2.14. The van der Waals surface area contributed by atoms with E-state index in [1.54, 1.807) is 0 Å². The fourth-order valence-corrected chi connectivity index (χ4v) is 1.65. The fraction of sp³-hybridized carbons (Fsp3) is 0.667. The summed E-state index contributed by atoms with van der Waals surface area (Å²) < 4.78 is 0. The molecule has 0 radical (unpaired) electrons. The van der Waals surface area contributed by atoms with Gasteiger partial charge in [0.2, 0.25) is 5.91 Å². The highest BCUT2D eigenvalue weighted by atomic mass is 16.4. The van der Waals surface area contributed by atoms with E-state index in [0.29, 0.717) is 0 Å². The Morgan fingerprint density at radius 2 is 2.14 bits per heavy atom. The summed E-state index contributed by atoms with van der Waals surface area (Å²) in [4.78, 5) is 22.5. The number of carbonyl (C=O) groups is 2. The molecule has 2 unspecified atom stereocenters. The Bertz CT molecular complexity index is 296. The summed E-state index contributed by atoms with van der Waals surface area (Å²) in [7, 11) is 0. The van der Waals surface area contributed by atoms with Crippen LogP contribution in [0.1, 0.15) is 20.8 Å². The van der Waals surface area contributed by atoms with Gasteiger partial charge >= 0.3 is 0 Å². The van der Waals surface area contributed by atoms with Crippen LogP contribution in [0.3, 0.4) is 0 Å². The molecule has 0 saturated carbocycles. The number of nitrogens with zero attached hydrogens (tertiary/aromatic N) is 1. The van der Waals surface area contributed by atoms with Gasteiger partial charge in [-0.05, 0) is 12.8 Å². The minimum absolute atomic E-state index is 0.106. The Kier molecular flexibility index (Phi) is 2.88. The standard InChI is InChI=1S/C9H14N2O3/c1-4(2)7-8(11-14)6(5(3)12)9(13)10-7/h4,6-7,14H,1-3H3,(H,10,13). The van der Waals surface area contributed by atoms with E-state index in [-0.39, 0.29) is 29.4 Å². The van der Waals surface area contributed by atoms with Crippen molar-refractivity contribution in [1.82, 2.24) is 5.32 Å². The van der Waals surface area contributed by atoms with E-state index >= 15 is 0 Å². The number of amides is 1. The Balaban J connectivity index is 3.01. The lowest BCUT2D eigenvalue weighted by Crippen LogP contribution is -2.34. The van der Waals surface area contributed by atoms with Crippen LogP contribution in [-0.4, -0.2) is 28.7 Å². The Labute approximate surface area is 82.2 Å². The number of hydrogen-bond donors (Lipinski definition) is 2. The fourth-order valence-electron chi connectivity index (χ4n) is 1.65. The molecule has 1 aliphatic heterocycles. The van der Waals surface area contributed by atoms with Crippen LogP contribution in [0.4, 0.5) is 0 Å². The van der Waals surface area contributed by atoms with Crippen LogP contribution in [0.2, 0.25) is 0 Å². The average Bonchev–Trinajstić information content (AvgIpc) is 2.41. The third-order valence-electron chi connectivity index (χ3n) is 2.36. The van der Waals surface area contributed by atoms with Gasteiger partial charge in [0.1, 0.15) is 11.7 Å². The second-order valence-corrected chi connectivity index (χ2v) is 3.80. The van der Waals surface area contributed by atoms with E-state index in [1.165, 1.54) is 6.92 Å². The topological polar surface area (TPSA) is 78.8 Å². The minimum atomic E-state index is -0.910. The number of ketones is 1. The van der Waals surface area contributed by atoms with Crippen molar-refractivity contribution in [3.63, 3.8) is 0 Å². The highest BCUT2D eigenvalue weighted by molar-refractivity contribution is 6.25. The van der Waals surface area contributed by atoms with Gasteiger partial charge in [0.05, 0.1) is 11.8 Å². The quantitative estimate of drug-likeness (QED) is 0.377. The van der Waals surface area contributed by atoms with E-state index in [4.69, 9.17) is 5.21 Å². The molecular weight excluding hydrogens is 184 g/mol. The van der Waals surface area contributed by atoms with Crippen molar-refractivity contribution in [3.05, 3.63) is 0 Å². The highest BCUT2D eigenvalue weighted by Crippen LogP contribution is 2.19. The summed E-state index contributed by atoms with van der Waals surface area (Å²) in [6.07, 6.45) is 0. The van der Waals surface area contributed by atoms with Crippen molar-refractivity contribution >= 4 is 17.4 Å². The van der Waals surface area contributed by atoms with Crippen LogP contribution in [0.25, 0.3) is 0 Å². The zero-order chi connectivity index (χ0) is 10.9. The van der Waals surface area contributed by atoms with E-state index in [9.17, 15) is 9.59 Å². The molecule has 1 amide bonds. The Morgan fingerprint density at radius 3 is 2.50 bits per heavy atom. The number of rotatable bonds is 2. The van der Waals surface area contributed by atoms with Crippen LogP contribution in [0, 0.1) is 11.8 Å². The van der Waals surface area contributed by atoms with Gasteiger partial charge in [0.25, 0.3) is 0 Å². The van der Waals surface area contributed by atoms with Crippen molar-refractivity contribution in [1.29, 1.82) is 0 Å². The van der Waals surface area contributed by atoms with Gasteiger partial charge < -0.3 is 10.5 Å². The molecule has 1 fully saturated rings. The maximum Gasteiger partial charge on any atom is 0.237 e. The van der Waals surface area contributed by atoms with Crippen LogP contribution in [0.5, 0.6) is 0 Å². The number of carbonyl (C=O) groups excluding carboxylic acids is 2. The van der Waals surface area contributed by atoms with Crippen LogP contribution in [-0.2, 0) is 9.59 Å². The molecule has 1 rings (SSSR count). The molecule has 0 aromatic rings. The Hall–Kier alpha value is -1.39. The van der Waals surface area contributed by atoms with Gasteiger partial charge in [0.15, 0.2) is 0 Å². The molecule has 5 heteroatoms. The highest BCUT2D eigenvalue weighted by Gasteiger charge is 2.43. The predicted molar refractivity (Wildman–Crippen MR) is 50.2 cm³/mol.